The Hall–Kier alpha value is -0.570. The molecule has 0 saturated carbocycles. The second kappa shape index (κ2) is 2.82. The van der Waals surface area contributed by atoms with Gasteiger partial charge in [0.05, 0.1) is 12.5 Å². The van der Waals surface area contributed by atoms with Crippen molar-refractivity contribution < 1.29 is 9.90 Å². The Balaban J connectivity index is 2.39. The van der Waals surface area contributed by atoms with Gasteiger partial charge in [-0.25, -0.2) is 0 Å². The molecule has 1 aliphatic rings. The molecule has 0 aromatic carbocycles. The van der Waals surface area contributed by atoms with Crippen molar-refractivity contribution in [3.05, 3.63) is 0 Å². The first-order chi connectivity index (χ1) is 4.34. The van der Waals surface area contributed by atoms with Gasteiger partial charge in [0.15, 0.2) is 0 Å². The van der Waals surface area contributed by atoms with Gasteiger partial charge in [-0.3, -0.25) is 4.79 Å². The van der Waals surface area contributed by atoms with E-state index >= 15 is 0 Å². The molecule has 0 aromatic heterocycles. The normalized spacial score (nSPS) is 27.7. The molecule has 0 radical (unpaired) electrons. The van der Waals surface area contributed by atoms with Gasteiger partial charge >= 0.3 is 0 Å². The summed E-state index contributed by atoms with van der Waals surface area (Å²) in [5, 5.41) is 11.3. The molecule has 1 rings (SSSR count). The number of carbonyl (C=O) groups excluding carboxylic acids is 1. The quantitative estimate of drug-likeness (QED) is 0.501. The highest BCUT2D eigenvalue weighted by atomic mass is 16.3. The summed E-state index contributed by atoms with van der Waals surface area (Å²) in [5.41, 5.74) is 0. The van der Waals surface area contributed by atoms with Gasteiger partial charge in [-0.2, -0.15) is 0 Å². The van der Waals surface area contributed by atoms with Crippen LogP contribution < -0.4 is 5.32 Å². The van der Waals surface area contributed by atoms with Crippen molar-refractivity contribution in [1.29, 1.82) is 0 Å². The molecule has 0 aliphatic carbocycles. The Labute approximate surface area is 54.1 Å². The lowest BCUT2D eigenvalue weighted by molar-refractivity contribution is -0.127. The summed E-state index contributed by atoms with van der Waals surface area (Å²) < 4.78 is 0. The number of piperidine rings is 1. The maximum absolute atomic E-state index is 10.8. The fourth-order valence-electron chi connectivity index (χ4n) is 1.01. The van der Waals surface area contributed by atoms with Gasteiger partial charge in [0.1, 0.15) is 0 Å². The summed E-state index contributed by atoms with van der Waals surface area (Å²) in [5.74, 6) is -0.137. The molecule has 0 bridgehead atoms. The van der Waals surface area contributed by atoms with Gasteiger partial charge in [-0.1, -0.05) is 0 Å². The number of hydrogen-bond donors (Lipinski definition) is 2. The molecule has 1 unspecified atom stereocenters. The Morgan fingerprint density at radius 2 is 2.56 bits per heavy atom. The van der Waals surface area contributed by atoms with E-state index in [4.69, 9.17) is 5.11 Å². The van der Waals surface area contributed by atoms with Crippen LogP contribution in [0.2, 0.25) is 0 Å². The van der Waals surface area contributed by atoms with Crippen LogP contribution in [0.15, 0.2) is 0 Å². The number of rotatable bonds is 1. The summed E-state index contributed by atoms with van der Waals surface area (Å²) in [4.78, 5) is 10.8. The van der Waals surface area contributed by atoms with Crippen molar-refractivity contribution in [3.63, 3.8) is 0 Å². The molecule has 3 heteroatoms. The first-order valence-electron chi connectivity index (χ1n) is 3.23. The third-order valence-corrected chi connectivity index (χ3v) is 1.62. The third-order valence-electron chi connectivity index (χ3n) is 1.62. The summed E-state index contributed by atoms with van der Waals surface area (Å²) in [6.07, 6.45) is 1.83. The smallest absolute Gasteiger partial charge is 0.225 e. The van der Waals surface area contributed by atoms with E-state index in [0.717, 1.165) is 19.4 Å². The number of carbonyl (C=O) groups is 1. The molecule has 1 fully saturated rings. The standard InChI is InChI=1S/C6H11NO2/c8-4-5-2-1-3-7-6(5)9/h5,8H,1-4H2,(H,7,9). The monoisotopic (exact) mass is 129 g/mol. The van der Waals surface area contributed by atoms with Crippen molar-refractivity contribution in [2.24, 2.45) is 5.92 Å². The number of hydrogen-bond acceptors (Lipinski definition) is 2. The molecular weight excluding hydrogens is 118 g/mol. The van der Waals surface area contributed by atoms with Crippen LogP contribution in [0.25, 0.3) is 0 Å². The van der Waals surface area contributed by atoms with Gasteiger partial charge in [0.25, 0.3) is 0 Å². The molecule has 1 heterocycles. The average molecular weight is 129 g/mol. The summed E-state index contributed by atoms with van der Waals surface area (Å²) >= 11 is 0. The van der Waals surface area contributed by atoms with Gasteiger partial charge in [-0.15, -0.1) is 0 Å². The largest absolute Gasteiger partial charge is 0.396 e. The highest BCUT2D eigenvalue weighted by molar-refractivity contribution is 5.79. The fourth-order valence-corrected chi connectivity index (χ4v) is 1.01. The summed E-state index contributed by atoms with van der Waals surface area (Å²) in [6.45, 7) is 0.765. The van der Waals surface area contributed by atoms with E-state index in [1.54, 1.807) is 0 Å². The number of aliphatic hydroxyl groups excluding tert-OH is 1. The molecule has 1 atom stereocenters. The first-order valence-corrected chi connectivity index (χ1v) is 3.23. The van der Waals surface area contributed by atoms with E-state index in [1.807, 2.05) is 0 Å². The van der Waals surface area contributed by atoms with Gasteiger partial charge in [-0.05, 0) is 12.8 Å². The Morgan fingerprint density at radius 1 is 1.78 bits per heavy atom. The van der Waals surface area contributed by atoms with E-state index in [9.17, 15) is 4.79 Å². The zero-order valence-electron chi connectivity index (χ0n) is 5.26. The highest BCUT2D eigenvalue weighted by Crippen LogP contribution is 2.09. The van der Waals surface area contributed by atoms with Crippen LogP contribution in [0.4, 0.5) is 0 Å². The van der Waals surface area contributed by atoms with Crippen LogP contribution in [0, 0.1) is 5.92 Å². The van der Waals surface area contributed by atoms with Crippen molar-refractivity contribution >= 4 is 5.91 Å². The number of nitrogens with one attached hydrogen (secondary N) is 1. The maximum atomic E-state index is 10.8. The lowest BCUT2D eigenvalue weighted by atomic mass is 10.0. The molecule has 9 heavy (non-hydrogen) atoms. The van der Waals surface area contributed by atoms with E-state index in [1.165, 1.54) is 0 Å². The van der Waals surface area contributed by atoms with Crippen LogP contribution in [0.1, 0.15) is 12.8 Å². The van der Waals surface area contributed by atoms with Crippen LogP contribution in [-0.2, 0) is 4.79 Å². The molecule has 52 valence electrons. The van der Waals surface area contributed by atoms with Gasteiger partial charge in [0, 0.05) is 6.54 Å². The highest BCUT2D eigenvalue weighted by Gasteiger charge is 2.19. The minimum absolute atomic E-state index is 0.00347. The fraction of sp³-hybridized carbons (Fsp3) is 0.833. The van der Waals surface area contributed by atoms with E-state index < -0.39 is 0 Å². The molecule has 2 N–H and O–H groups in total. The summed E-state index contributed by atoms with van der Waals surface area (Å²) in [7, 11) is 0. The Kier molecular flexibility index (Phi) is 2.05. The molecule has 1 amide bonds. The third kappa shape index (κ3) is 1.42. The predicted octanol–water partition coefficient (Wildman–Crippen LogP) is -0.495. The second-order valence-electron chi connectivity index (χ2n) is 2.31. The molecule has 0 aromatic rings. The van der Waals surface area contributed by atoms with Gasteiger partial charge in [0.2, 0.25) is 5.91 Å². The maximum Gasteiger partial charge on any atom is 0.225 e. The van der Waals surface area contributed by atoms with Crippen molar-refractivity contribution in [2.75, 3.05) is 13.2 Å². The Morgan fingerprint density at radius 3 is 3.00 bits per heavy atom. The molecule has 0 spiro atoms. The number of aliphatic hydroxyl groups is 1. The van der Waals surface area contributed by atoms with E-state index in [2.05, 4.69) is 5.32 Å². The number of amides is 1. The van der Waals surface area contributed by atoms with Crippen molar-refractivity contribution in [2.45, 2.75) is 12.8 Å². The second-order valence-corrected chi connectivity index (χ2v) is 2.31. The van der Waals surface area contributed by atoms with Gasteiger partial charge < -0.3 is 10.4 Å². The zero-order chi connectivity index (χ0) is 6.69. The SMILES string of the molecule is O=C1NCCCC1CO. The first kappa shape index (κ1) is 6.55. The van der Waals surface area contributed by atoms with Crippen LogP contribution >= 0.6 is 0 Å². The predicted molar refractivity (Wildman–Crippen MR) is 32.8 cm³/mol. The summed E-state index contributed by atoms with van der Waals surface area (Å²) in [6, 6.07) is 0. The van der Waals surface area contributed by atoms with Crippen LogP contribution in [0.3, 0.4) is 0 Å². The van der Waals surface area contributed by atoms with Crippen LogP contribution in [0.5, 0.6) is 0 Å². The molecule has 3 nitrogen and oxygen atoms in total. The molecular formula is C6H11NO2. The van der Waals surface area contributed by atoms with E-state index in [0.29, 0.717) is 0 Å². The van der Waals surface area contributed by atoms with Crippen molar-refractivity contribution in [1.82, 2.24) is 5.32 Å². The van der Waals surface area contributed by atoms with Crippen molar-refractivity contribution in [3.8, 4) is 0 Å². The van der Waals surface area contributed by atoms with E-state index in [-0.39, 0.29) is 18.4 Å². The zero-order valence-corrected chi connectivity index (χ0v) is 5.26. The minimum atomic E-state index is -0.140. The molecule has 1 saturated heterocycles. The molecule has 1 aliphatic heterocycles. The topological polar surface area (TPSA) is 49.3 Å². The Bertz CT molecular complexity index is 114. The minimum Gasteiger partial charge on any atom is -0.396 e. The lowest BCUT2D eigenvalue weighted by Crippen LogP contribution is -2.37. The lowest BCUT2D eigenvalue weighted by Gasteiger charge is -2.18. The van der Waals surface area contributed by atoms with Crippen LogP contribution in [-0.4, -0.2) is 24.2 Å². The average Bonchev–Trinajstić information content (AvgIpc) is 1.89.